The molecule has 0 aliphatic carbocycles. The molecule has 0 spiro atoms. The first-order valence-electron chi connectivity index (χ1n) is 7.95. The second-order valence-electron chi connectivity index (χ2n) is 5.79. The summed E-state index contributed by atoms with van der Waals surface area (Å²) in [4.78, 5) is 26.0. The van der Waals surface area contributed by atoms with Gasteiger partial charge in [0.1, 0.15) is 0 Å². The topological polar surface area (TPSA) is 61.4 Å². The van der Waals surface area contributed by atoms with Crippen molar-refractivity contribution in [2.75, 3.05) is 32.0 Å². The number of benzene rings is 1. The van der Waals surface area contributed by atoms with E-state index in [1.807, 2.05) is 24.3 Å². The molecule has 5 heteroatoms. The SMILES string of the molecule is CCc1cccc(NC(=O)CN2CCCC(C(=O)NC)C2)c1. The van der Waals surface area contributed by atoms with Gasteiger partial charge in [0.2, 0.25) is 11.8 Å². The molecule has 1 aliphatic heterocycles. The first-order chi connectivity index (χ1) is 10.6. The number of carbonyl (C=O) groups excluding carboxylic acids is 2. The summed E-state index contributed by atoms with van der Waals surface area (Å²) in [7, 11) is 1.66. The third-order valence-corrected chi connectivity index (χ3v) is 4.11. The van der Waals surface area contributed by atoms with Crippen LogP contribution in [0.3, 0.4) is 0 Å². The van der Waals surface area contributed by atoms with Crippen molar-refractivity contribution in [1.29, 1.82) is 0 Å². The molecule has 2 amide bonds. The number of anilines is 1. The van der Waals surface area contributed by atoms with Crippen LogP contribution in [-0.4, -0.2) is 43.4 Å². The van der Waals surface area contributed by atoms with Gasteiger partial charge in [0.25, 0.3) is 0 Å². The van der Waals surface area contributed by atoms with E-state index in [0.29, 0.717) is 13.1 Å². The summed E-state index contributed by atoms with van der Waals surface area (Å²) in [6.07, 6.45) is 2.80. The van der Waals surface area contributed by atoms with E-state index in [9.17, 15) is 9.59 Å². The molecule has 0 saturated carbocycles. The van der Waals surface area contributed by atoms with Gasteiger partial charge >= 0.3 is 0 Å². The van der Waals surface area contributed by atoms with Crippen molar-refractivity contribution in [3.8, 4) is 0 Å². The van der Waals surface area contributed by atoms with Crippen molar-refractivity contribution in [1.82, 2.24) is 10.2 Å². The van der Waals surface area contributed by atoms with Gasteiger partial charge in [-0.15, -0.1) is 0 Å². The van der Waals surface area contributed by atoms with E-state index in [1.165, 1.54) is 5.56 Å². The van der Waals surface area contributed by atoms with Gasteiger partial charge in [0.05, 0.1) is 12.5 Å². The number of carbonyl (C=O) groups is 2. The lowest BCUT2D eigenvalue weighted by atomic mass is 9.97. The maximum atomic E-state index is 12.2. The van der Waals surface area contributed by atoms with Crippen molar-refractivity contribution in [2.24, 2.45) is 5.92 Å². The Balaban J connectivity index is 1.87. The molecule has 120 valence electrons. The number of rotatable bonds is 5. The van der Waals surface area contributed by atoms with Gasteiger partial charge in [-0.2, -0.15) is 0 Å². The van der Waals surface area contributed by atoms with Gasteiger partial charge in [0, 0.05) is 19.3 Å². The second kappa shape index (κ2) is 7.94. The highest BCUT2D eigenvalue weighted by atomic mass is 16.2. The van der Waals surface area contributed by atoms with Crippen molar-refractivity contribution >= 4 is 17.5 Å². The fraction of sp³-hybridized carbons (Fsp3) is 0.529. The normalized spacial score (nSPS) is 18.7. The van der Waals surface area contributed by atoms with Crippen molar-refractivity contribution < 1.29 is 9.59 Å². The molecule has 1 aliphatic rings. The molecule has 5 nitrogen and oxygen atoms in total. The number of hydrogen-bond donors (Lipinski definition) is 2. The molecule has 0 bridgehead atoms. The largest absolute Gasteiger partial charge is 0.359 e. The van der Waals surface area contributed by atoms with E-state index in [-0.39, 0.29) is 17.7 Å². The highest BCUT2D eigenvalue weighted by Gasteiger charge is 2.26. The van der Waals surface area contributed by atoms with Crippen LogP contribution in [-0.2, 0) is 16.0 Å². The molecule has 1 fully saturated rings. The Hall–Kier alpha value is -1.88. The minimum absolute atomic E-state index is 0.00466. The van der Waals surface area contributed by atoms with E-state index >= 15 is 0 Å². The highest BCUT2D eigenvalue weighted by Crippen LogP contribution is 2.17. The number of amides is 2. The zero-order valence-electron chi connectivity index (χ0n) is 13.4. The first kappa shape index (κ1) is 16.5. The van der Waals surface area contributed by atoms with Crippen molar-refractivity contribution in [2.45, 2.75) is 26.2 Å². The number of hydrogen-bond acceptors (Lipinski definition) is 3. The molecule has 1 aromatic rings. The van der Waals surface area contributed by atoms with Crippen LogP contribution in [0.1, 0.15) is 25.3 Å². The molecule has 2 rings (SSSR count). The maximum absolute atomic E-state index is 12.2. The fourth-order valence-corrected chi connectivity index (χ4v) is 2.89. The predicted octanol–water partition coefficient (Wildman–Crippen LogP) is 1.65. The van der Waals surface area contributed by atoms with E-state index < -0.39 is 0 Å². The van der Waals surface area contributed by atoms with Crippen LogP contribution in [0.2, 0.25) is 0 Å². The third kappa shape index (κ3) is 4.56. The van der Waals surface area contributed by atoms with Crippen LogP contribution >= 0.6 is 0 Å². The zero-order chi connectivity index (χ0) is 15.9. The van der Waals surface area contributed by atoms with E-state index in [2.05, 4.69) is 22.5 Å². The molecule has 2 N–H and O–H groups in total. The van der Waals surface area contributed by atoms with E-state index in [1.54, 1.807) is 7.05 Å². The van der Waals surface area contributed by atoms with Gasteiger partial charge < -0.3 is 10.6 Å². The molecule has 0 aromatic heterocycles. The van der Waals surface area contributed by atoms with Crippen LogP contribution < -0.4 is 10.6 Å². The molecule has 1 saturated heterocycles. The molecule has 22 heavy (non-hydrogen) atoms. The lowest BCUT2D eigenvalue weighted by Crippen LogP contribution is -2.44. The first-order valence-corrected chi connectivity index (χ1v) is 7.95. The Labute approximate surface area is 132 Å². The number of nitrogens with zero attached hydrogens (tertiary/aromatic N) is 1. The minimum atomic E-state index is -0.0224. The summed E-state index contributed by atoms with van der Waals surface area (Å²) in [6.45, 7) is 3.95. The van der Waals surface area contributed by atoms with Gasteiger partial charge in [0.15, 0.2) is 0 Å². The Morgan fingerprint density at radius 2 is 2.18 bits per heavy atom. The molecule has 1 unspecified atom stereocenters. The molecular formula is C17H25N3O2. The van der Waals surface area contributed by atoms with E-state index in [4.69, 9.17) is 0 Å². The fourth-order valence-electron chi connectivity index (χ4n) is 2.89. The van der Waals surface area contributed by atoms with E-state index in [0.717, 1.165) is 31.5 Å². The van der Waals surface area contributed by atoms with Crippen LogP contribution in [0.4, 0.5) is 5.69 Å². The Kier molecular flexibility index (Phi) is 5.95. The zero-order valence-corrected chi connectivity index (χ0v) is 13.4. The molecule has 0 radical (unpaired) electrons. The molecular weight excluding hydrogens is 278 g/mol. The van der Waals surface area contributed by atoms with Gasteiger partial charge in [-0.1, -0.05) is 19.1 Å². The van der Waals surface area contributed by atoms with Crippen LogP contribution in [0, 0.1) is 5.92 Å². The quantitative estimate of drug-likeness (QED) is 0.869. The maximum Gasteiger partial charge on any atom is 0.238 e. The monoisotopic (exact) mass is 303 g/mol. The van der Waals surface area contributed by atoms with Gasteiger partial charge in [-0.25, -0.2) is 0 Å². The van der Waals surface area contributed by atoms with Crippen molar-refractivity contribution in [3.63, 3.8) is 0 Å². The summed E-state index contributed by atoms with van der Waals surface area (Å²) >= 11 is 0. The van der Waals surface area contributed by atoms with Crippen molar-refractivity contribution in [3.05, 3.63) is 29.8 Å². The average Bonchev–Trinajstić information content (AvgIpc) is 2.54. The summed E-state index contributed by atoms with van der Waals surface area (Å²) in [5.74, 6) is 0.0431. The smallest absolute Gasteiger partial charge is 0.238 e. The summed E-state index contributed by atoms with van der Waals surface area (Å²) < 4.78 is 0. The molecule has 1 atom stereocenters. The average molecular weight is 303 g/mol. The summed E-state index contributed by atoms with van der Waals surface area (Å²) in [5, 5.41) is 5.64. The number of aryl methyl sites for hydroxylation is 1. The van der Waals surface area contributed by atoms with Gasteiger partial charge in [-0.05, 0) is 43.5 Å². The minimum Gasteiger partial charge on any atom is -0.359 e. The third-order valence-electron chi connectivity index (χ3n) is 4.11. The Bertz CT molecular complexity index is 530. The van der Waals surface area contributed by atoms with Gasteiger partial charge in [-0.3, -0.25) is 14.5 Å². The summed E-state index contributed by atoms with van der Waals surface area (Å²) in [5.41, 5.74) is 2.04. The molecule has 1 aromatic carbocycles. The van der Waals surface area contributed by atoms with Crippen LogP contribution in [0.5, 0.6) is 0 Å². The molecule has 1 heterocycles. The van der Waals surface area contributed by atoms with Crippen LogP contribution in [0.25, 0.3) is 0 Å². The Morgan fingerprint density at radius 1 is 1.36 bits per heavy atom. The van der Waals surface area contributed by atoms with Crippen LogP contribution in [0.15, 0.2) is 24.3 Å². The number of likely N-dealkylation sites (tertiary alicyclic amines) is 1. The number of nitrogens with one attached hydrogen (secondary N) is 2. The summed E-state index contributed by atoms with van der Waals surface area (Å²) in [6, 6.07) is 7.91. The lowest BCUT2D eigenvalue weighted by molar-refractivity contribution is -0.127. The Morgan fingerprint density at radius 3 is 2.91 bits per heavy atom. The highest BCUT2D eigenvalue weighted by molar-refractivity contribution is 5.92. The number of piperidine rings is 1. The second-order valence-corrected chi connectivity index (χ2v) is 5.79. The predicted molar refractivity (Wildman–Crippen MR) is 87.7 cm³/mol. The lowest BCUT2D eigenvalue weighted by Gasteiger charge is -2.31. The standard InChI is InChI=1S/C17H25N3O2/c1-3-13-6-4-8-15(10-13)19-16(21)12-20-9-5-7-14(11-20)17(22)18-2/h4,6,8,10,14H,3,5,7,9,11-12H2,1-2H3,(H,18,22)(H,19,21).